The second-order valence-corrected chi connectivity index (χ2v) is 8.12. The summed E-state index contributed by atoms with van der Waals surface area (Å²) in [6.07, 6.45) is 2.52. The van der Waals surface area contributed by atoms with Gasteiger partial charge in [-0.1, -0.05) is 27.7 Å². The molecule has 2 nitrogen and oxygen atoms in total. The van der Waals surface area contributed by atoms with Gasteiger partial charge in [-0.15, -0.1) is 0 Å². The third-order valence-electron chi connectivity index (χ3n) is 3.59. The van der Waals surface area contributed by atoms with Crippen LogP contribution in [0.1, 0.15) is 40.5 Å². The predicted molar refractivity (Wildman–Crippen MR) is 75.0 cm³/mol. The van der Waals surface area contributed by atoms with Gasteiger partial charge >= 0.3 is 0 Å². The maximum atomic E-state index is 5.77. The van der Waals surface area contributed by atoms with Crippen molar-refractivity contribution in [2.45, 2.75) is 45.3 Å². The highest BCUT2D eigenvalue weighted by Crippen LogP contribution is 2.31. The van der Waals surface area contributed by atoms with Crippen molar-refractivity contribution < 1.29 is 0 Å². The van der Waals surface area contributed by atoms with Crippen molar-refractivity contribution >= 4 is 11.8 Å². The number of hydrogen-bond donors (Lipinski definition) is 1. The smallest absolute Gasteiger partial charge is 0.0116 e. The zero-order valence-electron chi connectivity index (χ0n) is 11.4. The molecular weight excluding hydrogens is 216 g/mol. The number of hydrogen-bond acceptors (Lipinski definition) is 3. The van der Waals surface area contributed by atoms with Crippen LogP contribution in [0, 0.1) is 5.41 Å². The summed E-state index contributed by atoms with van der Waals surface area (Å²) in [6.45, 7) is 13.8. The first-order chi connectivity index (χ1) is 7.35. The summed E-state index contributed by atoms with van der Waals surface area (Å²) in [7, 11) is 0. The molecule has 3 heteroatoms. The Morgan fingerprint density at radius 3 is 2.62 bits per heavy atom. The Balaban J connectivity index is 2.33. The van der Waals surface area contributed by atoms with E-state index in [0.717, 1.165) is 6.54 Å². The average Bonchev–Trinajstić information content (AvgIpc) is 2.37. The van der Waals surface area contributed by atoms with Crippen molar-refractivity contribution in [3.63, 3.8) is 0 Å². The molecule has 0 atom stereocenters. The lowest BCUT2D eigenvalue weighted by Gasteiger charge is -2.27. The fourth-order valence-corrected chi connectivity index (χ4v) is 2.99. The molecule has 0 unspecified atom stereocenters. The van der Waals surface area contributed by atoms with Gasteiger partial charge in [-0.3, -0.25) is 0 Å². The van der Waals surface area contributed by atoms with E-state index in [1.54, 1.807) is 0 Å². The van der Waals surface area contributed by atoms with Gasteiger partial charge in [-0.25, -0.2) is 0 Å². The van der Waals surface area contributed by atoms with Crippen molar-refractivity contribution in [2.75, 3.05) is 31.9 Å². The van der Waals surface area contributed by atoms with Crippen molar-refractivity contribution in [1.29, 1.82) is 0 Å². The monoisotopic (exact) mass is 244 g/mol. The van der Waals surface area contributed by atoms with Crippen LogP contribution < -0.4 is 5.73 Å². The average molecular weight is 244 g/mol. The van der Waals surface area contributed by atoms with E-state index in [-0.39, 0.29) is 0 Å². The molecular formula is C13H28N2S. The van der Waals surface area contributed by atoms with Crippen molar-refractivity contribution in [3.05, 3.63) is 0 Å². The minimum atomic E-state index is 0.301. The van der Waals surface area contributed by atoms with Gasteiger partial charge < -0.3 is 10.6 Å². The predicted octanol–water partition coefficient (Wildman–Crippen LogP) is 2.58. The molecule has 0 radical (unpaired) electrons. The van der Waals surface area contributed by atoms with Crippen molar-refractivity contribution in [2.24, 2.45) is 11.1 Å². The van der Waals surface area contributed by atoms with E-state index in [1.807, 2.05) is 0 Å². The summed E-state index contributed by atoms with van der Waals surface area (Å²) in [5.41, 5.74) is 6.07. The van der Waals surface area contributed by atoms with Gasteiger partial charge in [0, 0.05) is 17.0 Å². The highest BCUT2D eigenvalue weighted by molar-refractivity contribution is 8.00. The lowest BCUT2D eigenvalue weighted by molar-refractivity contribution is 0.227. The van der Waals surface area contributed by atoms with E-state index in [2.05, 4.69) is 44.4 Å². The lowest BCUT2D eigenvalue weighted by atomic mass is 9.89. The van der Waals surface area contributed by atoms with E-state index >= 15 is 0 Å². The highest BCUT2D eigenvalue weighted by atomic mass is 32.2. The third kappa shape index (κ3) is 5.07. The molecule has 0 bridgehead atoms. The lowest BCUT2D eigenvalue weighted by Crippen LogP contribution is -2.33. The zero-order valence-corrected chi connectivity index (χ0v) is 12.2. The van der Waals surface area contributed by atoms with Gasteiger partial charge in [-0.05, 0) is 37.9 Å². The highest BCUT2D eigenvalue weighted by Gasteiger charge is 2.24. The van der Waals surface area contributed by atoms with Crippen LogP contribution in [0.2, 0.25) is 0 Å². The molecule has 1 fully saturated rings. The second-order valence-electron chi connectivity index (χ2n) is 6.32. The molecule has 1 saturated heterocycles. The minimum Gasteiger partial charge on any atom is -0.330 e. The molecule has 2 N–H and O–H groups in total. The Morgan fingerprint density at radius 2 is 2.00 bits per heavy atom. The standard InChI is InChI=1S/C13H28N2S/c1-12(2,11-14)5-7-15-8-6-13(3,4)16-10-9-15/h5-11,14H2,1-4H3. The second kappa shape index (κ2) is 5.74. The largest absolute Gasteiger partial charge is 0.330 e. The molecule has 0 aromatic carbocycles. The molecule has 1 aliphatic rings. The Hall–Kier alpha value is 0.270. The number of thioether (sulfide) groups is 1. The van der Waals surface area contributed by atoms with E-state index in [0.29, 0.717) is 10.2 Å². The number of nitrogens with zero attached hydrogens (tertiary/aromatic N) is 1. The van der Waals surface area contributed by atoms with Crippen LogP contribution in [0.3, 0.4) is 0 Å². The zero-order chi connectivity index (χ0) is 12.2. The van der Waals surface area contributed by atoms with Crippen molar-refractivity contribution in [1.82, 2.24) is 4.90 Å². The van der Waals surface area contributed by atoms with Gasteiger partial charge in [0.15, 0.2) is 0 Å². The van der Waals surface area contributed by atoms with Crippen LogP contribution in [0.15, 0.2) is 0 Å². The quantitative estimate of drug-likeness (QED) is 0.824. The first-order valence-corrected chi connectivity index (χ1v) is 7.40. The van der Waals surface area contributed by atoms with Gasteiger partial charge in [0.2, 0.25) is 0 Å². The summed E-state index contributed by atoms with van der Waals surface area (Å²) >= 11 is 2.12. The Labute approximate surface area is 105 Å². The van der Waals surface area contributed by atoms with Crippen LogP contribution in [-0.2, 0) is 0 Å². The molecule has 1 rings (SSSR count). The van der Waals surface area contributed by atoms with Gasteiger partial charge in [0.1, 0.15) is 0 Å². The third-order valence-corrected chi connectivity index (χ3v) is 4.96. The fraction of sp³-hybridized carbons (Fsp3) is 1.00. The summed E-state index contributed by atoms with van der Waals surface area (Å²) in [6, 6.07) is 0. The maximum absolute atomic E-state index is 5.77. The molecule has 0 saturated carbocycles. The topological polar surface area (TPSA) is 29.3 Å². The van der Waals surface area contributed by atoms with Gasteiger partial charge in [0.05, 0.1) is 0 Å². The van der Waals surface area contributed by atoms with Gasteiger partial charge in [-0.2, -0.15) is 11.8 Å². The molecule has 1 heterocycles. The van der Waals surface area contributed by atoms with Crippen LogP contribution in [-0.4, -0.2) is 41.6 Å². The van der Waals surface area contributed by atoms with Crippen LogP contribution in [0.25, 0.3) is 0 Å². The van der Waals surface area contributed by atoms with Crippen molar-refractivity contribution in [3.8, 4) is 0 Å². The molecule has 16 heavy (non-hydrogen) atoms. The number of rotatable bonds is 4. The molecule has 0 aromatic heterocycles. The van der Waals surface area contributed by atoms with Gasteiger partial charge in [0.25, 0.3) is 0 Å². The summed E-state index contributed by atoms with van der Waals surface area (Å²) in [4.78, 5) is 2.61. The first kappa shape index (κ1) is 14.3. The molecule has 0 aliphatic carbocycles. The summed E-state index contributed by atoms with van der Waals surface area (Å²) in [5, 5.41) is 0. The normalized spacial score (nSPS) is 23.1. The van der Waals surface area contributed by atoms with E-state index in [9.17, 15) is 0 Å². The molecule has 0 aromatic rings. The molecule has 1 aliphatic heterocycles. The SMILES string of the molecule is CC(C)(CN)CCN1CCSC(C)(C)CC1. The van der Waals surface area contributed by atoms with E-state index < -0.39 is 0 Å². The van der Waals surface area contributed by atoms with Crippen LogP contribution in [0.4, 0.5) is 0 Å². The van der Waals surface area contributed by atoms with E-state index in [1.165, 1.54) is 38.2 Å². The fourth-order valence-electron chi connectivity index (χ4n) is 1.85. The minimum absolute atomic E-state index is 0.301. The summed E-state index contributed by atoms with van der Waals surface area (Å²) < 4.78 is 0.470. The first-order valence-electron chi connectivity index (χ1n) is 6.41. The molecule has 0 spiro atoms. The Kier molecular flexibility index (Phi) is 5.14. The van der Waals surface area contributed by atoms with Crippen LogP contribution in [0.5, 0.6) is 0 Å². The van der Waals surface area contributed by atoms with E-state index in [4.69, 9.17) is 5.73 Å². The summed E-state index contributed by atoms with van der Waals surface area (Å²) in [5.74, 6) is 1.27. The van der Waals surface area contributed by atoms with Crippen LogP contribution >= 0.6 is 11.8 Å². The Morgan fingerprint density at radius 1 is 1.31 bits per heavy atom. The molecule has 0 amide bonds. The molecule has 96 valence electrons. The maximum Gasteiger partial charge on any atom is 0.0116 e. The number of nitrogens with two attached hydrogens (primary N) is 1. The Bertz CT molecular complexity index is 214.